The lowest BCUT2D eigenvalue weighted by Gasteiger charge is -2.18. The average Bonchev–Trinajstić information content (AvgIpc) is 2.97. The number of methoxy groups -OCH3 is 1. The van der Waals surface area contributed by atoms with E-state index in [2.05, 4.69) is 17.2 Å². The number of aromatic nitrogens is 2. The molecule has 0 aliphatic heterocycles. The number of esters is 1. The van der Waals surface area contributed by atoms with E-state index in [0.717, 1.165) is 24.2 Å². The van der Waals surface area contributed by atoms with Crippen LogP contribution in [-0.4, -0.2) is 22.6 Å². The maximum absolute atomic E-state index is 12.1. The summed E-state index contributed by atoms with van der Waals surface area (Å²) in [5.74, 6) is -0.302. The largest absolute Gasteiger partial charge is 0.468 e. The van der Waals surface area contributed by atoms with Gasteiger partial charge in [-0.05, 0) is 12.0 Å². The van der Waals surface area contributed by atoms with E-state index in [-0.39, 0.29) is 5.97 Å². The summed E-state index contributed by atoms with van der Waals surface area (Å²) < 4.78 is 6.90. The fourth-order valence-corrected chi connectivity index (χ4v) is 2.24. The minimum Gasteiger partial charge on any atom is -0.468 e. The van der Waals surface area contributed by atoms with Gasteiger partial charge in [0.2, 0.25) is 0 Å². The van der Waals surface area contributed by atoms with Gasteiger partial charge in [-0.1, -0.05) is 37.3 Å². The van der Waals surface area contributed by atoms with E-state index in [1.807, 2.05) is 34.9 Å². The molecule has 0 fully saturated rings. The van der Waals surface area contributed by atoms with E-state index in [1.165, 1.54) is 7.11 Å². The van der Waals surface area contributed by atoms with Gasteiger partial charge in [-0.3, -0.25) is 5.32 Å². The van der Waals surface area contributed by atoms with E-state index in [0.29, 0.717) is 6.54 Å². The predicted molar refractivity (Wildman–Crippen MR) is 80.6 cm³/mol. The Kier molecular flexibility index (Phi) is 5.51. The zero-order valence-electron chi connectivity index (χ0n) is 12.5. The van der Waals surface area contributed by atoms with Gasteiger partial charge in [0.15, 0.2) is 0 Å². The van der Waals surface area contributed by atoms with Crippen LogP contribution < -0.4 is 5.32 Å². The van der Waals surface area contributed by atoms with Crippen LogP contribution in [0.25, 0.3) is 0 Å². The molecule has 0 amide bonds. The average molecular weight is 287 g/mol. The molecule has 2 aromatic rings. The standard InChI is InChI=1S/C16H21N3O2/c1-3-9-19-12-17-11-14(19)15(16(20)21-2)18-10-13-7-5-4-6-8-13/h4-8,11-12,15,18H,3,9-10H2,1-2H3. The van der Waals surface area contributed by atoms with Gasteiger partial charge in [-0.25, -0.2) is 9.78 Å². The first-order valence-corrected chi connectivity index (χ1v) is 7.11. The highest BCUT2D eigenvalue weighted by atomic mass is 16.5. The lowest BCUT2D eigenvalue weighted by Crippen LogP contribution is -2.31. The van der Waals surface area contributed by atoms with Crippen LogP contribution in [0.1, 0.15) is 30.6 Å². The third kappa shape index (κ3) is 3.92. The minimum absolute atomic E-state index is 0.302. The second-order valence-electron chi connectivity index (χ2n) is 4.83. The van der Waals surface area contributed by atoms with Gasteiger partial charge >= 0.3 is 5.97 Å². The summed E-state index contributed by atoms with van der Waals surface area (Å²) in [7, 11) is 1.40. The Morgan fingerprint density at radius 3 is 2.81 bits per heavy atom. The Balaban J connectivity index is 2.14. The van der Waals surface area contributed by atoms with Gasteiger partial charge in [0, 0.05) is 13.1 Å². The molecule has 1 unspecified atom stereocenters. The molecule has 1 atom stereocenters. The summed E-state index contributed by atoms with van der Waals surface area (Å²) in [4.78, 5) is 16.2. The number of aryl methyl sites for hydroxylation is 1. The molecule has 0 aliphatic carbocycles. The topological polar surface area (TPSA) is 56.2 Å². The molecule has 0 bridgehead atoms. The summed E-state index contributed by atoms with van der Waals surface area (Å²) in [6.07, 6.45) is 4.45. The monoisotopic (exact) mass is 287 g/mol. The molecule has 1 heterocycles. The SMILES string of the molecule is CCCn1cncc1C(NCc1ccccc1)C(=O)OC. The van der Waals surface area contributed by atoms with Crippen molar-refractivity contribution >= 4 is 5.97 Å². The van der Waals surface area contributed by atoms with Gasteiger partial charge in [0.25, 0.3) is 0 Å². The molecule has 1 aromatic heterocycles. The van der Waals surface area contributed by atoms with Crippen LogP contribution in [0.2, 0.25) is 0 Å². The number of nitrogens with one attached hydrogen (secondary N) is 1. The maximum atomic E-state index is 12.1. The van der Waals surface area contributed by atoms with E-state index >= 15 is 0 Å². The van der Waals surface area contributed by atoms with Crippen LogP contribution in [0.15, 0.2) is 42.9 Å². The van der Waals surface area contributed by atoms with E-state index < -0.39 is 6.04 Å². The number of hydrogen-bond acceptors (Lipinski definition) is 4. The number of carbonyl (C=O) groups is 1. The van der Waals surface area contributed by atoms with Crippen molar-refractivity contribution in [1.82, 2.24) is 14.9 Å². The zero-order chi connectivity index (χ0) is 15.1. The number of ether oxygens (including phenoxy) is 1. The van der Waals surface area contributed by atoms with Crippen molar-refractivity contribution in [1.29, 1.82) is 0 Å². The van der Waals surface area contributed by atoms with Crippen LogP contribution in [0, 0.1) is 0 Å². The van der Waals surface area contributed by atoms with Crippen LogP contribution in [0.3, 0.4) is 0 Å². The lowest BCUT2D eigenvalue weighted by atomic mass is 10.1. The summed E-state index contributed by atoms with van der Waals surface area (Å²) >= 11 is 0. The molecule has 112 valence electrons. The zero-order valence-corrected chi connectivity index (χ0v) is 12.5. The minimum atomic E-state index is -0.510. The summed E-state index contributed by atoms with van der Waals surface area (Å²) in [6, 6.07) is 9.45. The molecular weight excluding hydrogens is 266 g/mol. The van der Waals surface area contributed by atoms with Crippen LogP contribution in [0.5, 0.6) is 0 Å². The van der Waals surface area contributed by atoms with E-state index in [9.17, 15) is 4.79 Å². The first kappa shape index (κ1) is 15.3. The van der Waals surface area contributed by atoms with Gasteiger partial charge in [-0.15, -0.1) is 0 Å². The Labute approximate surface area is 125 Å². The normalized spacial score (nSPS) is 12.1. The number of benzene rings is 1. The second-order valence-corrected chi connectivity index (χ2v) is 4.83. The van der Waals surface area contributed by atoms with Crippen LogP contribution in [-0.2, 0) is 22.6 Å². The molecule has 0 aliphatic rings. The highest BCUT2D eigenvalue weighted by molar-refractivity contribution is 5.76. The maximum Gasteiger partial charge on any atom is 0.329 e. The Hall–Kier alpha value is -2.14. The molecule has 0 saturated heterocycles. The third-order valence-electron chi connectivity index (χ3n) is 3.29. The molecule has 0 spiro atoms. The molecule has 1 aromatic carbocycles. The van der Waals surface area contributed by atoms with Crippen molar-refractivity contribution in [2.24, 2.45) is 0 Å². The Morgan fingerprint density at radius 1 is 1.38 bits per heavy atom. The van der Waals surface area contributed by atoms with Gasteiger partial charge < -0.3 is 9.30 Å². The molecule has 21 heavy (non-hydrogen) atoms. The Bertz CT molecular complexity index is 566. The first-order valence-electron chi connectivity index (χ1n) is 7.11. The van der Waals surface area contributed by atoms with Crippen molar-refractivity contribution in [2.75, 3.05) is 7.11 Å². The quantitative estimate of drug-likeness (QED) is 0.794. The molecular formula is C16H21N3O2. The molecule has 5 heteroatoms. The first-order chi connectivity index (χ1) is 10.3. The van der Waals surface area contributed by atoms with Crippen molar-refractivity contribution in [3.63, 3.8) is 0 Å². The molecule has 0 saturated carbocycles. The number of imidazole rings is 1. The fraction of sp³-hybridized carbons (Fsp3) is 0.375. The highest BCUT2D eigenvalue weighted by Crippen LogP contribution is 2.16. The van der Waals surface area contributed by atoms with E-state index in [4.69, 9.17) is 4.74 Å². The number of rotatable bonds is 7. The summed E-state index contributed by atoms with van der Waals surface area (Å²) in [5, 5.41) is 3.25. The number of nitrogens with zero attached hydrogens (tertiary/aromatic N) is 2. The second kappa shape index (κ2) is 7.59. The molecule has 0 radical (unpaired) electrons. The molecule has 2 rings (SSSR count). The van der Waals surface area contributed by atoms with Gasteiger partial charge in [-0.2, -0.15) is 0 Å². The van der Waals surface area contributed by atoms with Crippen molar-refractivity contribution in [2.45, 2.75) is 32.5 Å². The number of carbonyl (C=O) groups excluding carboxylic acids is 1. The van der Waals surface area contributed by atoms with Crippen molar-refractivity contribution < 1.29 is 9.53 Å². The smallest absolute Gasteiger partial charge is 0.329 e. The van der Waals surface area contributed by atoms with Gasteiger partial charge in [0.1, 0.15) is 6.04 Å². The fourth-order valence-electron chi connectivity index (χ4n) is 2.24. The van der Waals surface area contributed by atoms with Crippen LogP contribution in [0.4, 0.5) is 0 Å². The molecule has 1 N–H and O–H groups in total. The van der Waals surface area contributed by atoms with Crippen LogP contribution >= 0.6 is 0 Å². The number of hydrogen-bond donors (Lipinski definition) is 1. The summed E-state index contributed by atoms with van der Waals surface area (Å²) in [6.45, 7) is 3.52. The molecule has 5 nitrogen and oxygen atoms in total. The van der Waals surface area contributed by atoms with E-state index in [1.54, 1.807) is 12.5 Å². The summed E-state index contributed by atoms with van der Waals surface area (Å²) in [5.41, 5.74) is 1.95. The van der Waals surface area contributed by atoms with Crippen molar-refractivity contribution in [3.05, 3.63) is 54.1 Å². The Morgan fingerprint density at radius 2 is 2.14 bits per heavy atom. The highest BCUT2D eigenvalue weighted by Gasteiger charge is 2.24. The third-order valence-corrected chi connectivity index (χ3v) is 3.29. The lowest BCUT2D eigenvalue weighted by molar-refractivity contribution is -0.143. The predicted octanol–water partition coefficient (Wildman–Crippen LogP) is 2.30. The van der Waals surface area contributed by atoms with Crippen molar-refractivity contribution in [3.8, 4) is 0 Å². The van der Waals surface area contributed by atoms with Gasteiger partial charge in [0.05, 0.1) is 25.3 Å².